The molecule has 4 nitrogen and oxygen atoms in total. The van der Waals surface area contributed by atoms with E-state index in [0.29, 0.717) is 12.2 Å². The predicted octanol–water partition coefficient (Wildman–Crippen LogP) is 3.28. The molecule has 0 atom stereocenters. The van der Waals surface area contributed by atoms with E-state index in [1.54, 1.807) is 11.3 Å². The summed E-state index contributed by atoms with van der Waals surface area (Å²) in [6.07, 6.45) is 4.71. The van der Waals surface area contributed by atoms with E-state index >= 15 is 0 Å². The summed E-state index contributed by atoms with van der Waals surface area (Å²) in [5.74, 6) is -0.0984. The normalized spacial score (nSPS) is 10.7. The van der Waals surface area contributed by atoms with E-state index in [2.05, 4.69) is 16.4 Å². The van der Waals surface area contributed by atoms with Crippen LogP contribution in [0.15, 0.2) is 42.0 Å². The highest BCUT2D eigenvalue weighted by atomic mass is 32.1. The van der Waals surface area contributed by atoms with Crippen molar-refractivity contribution in [3.05, 3.63) is 57.5 Å². The fourth-order valence-electron chi connectivity index (χ4n) is 2.00. The van der Waals surface area contributed by atoms with Gasteiger partial charge in [-0.25, -0.2) is 4.98 Å². The zero-order valence-electron chi connectivity index (χ0n) is 11.6. The highest BCUT2D eigenvalue weighted by molar-refractivity contribution is 7.14. The van der Waals surface area contributed by atoms with Crippen LogP contribution >= 0.6 is 22.7 Å². The van der Waals surface area contributed by atoms with Crippen LogP contribution in [0.25, 0.3) is 5.13 Å². The van der Waals surface area contributed by atoms with Gasteiger partial charge in [-0.2, -0.15) is 0 Å². The molecule has 0 aliphatic heterocycles. The fraction of sp³-hybridized carbons (Fsp3) is 0.200. The molecule has 3 aromatic rings. The van der Waals surface area contributed by atoms with Crippen molar-refractivity contribution in [1.29, 1.82) is 0 Å². The smallest absolute Gasteiger partial charge is 0.271 e. The molecule has 3 heterocycles. The van der Waals surface area contributed by atoms with E-state index in [1.165, 1.54) is 16.2 Å². The van der Waals surface area contributed by atoms with Gasteiger partial charge in [0, 0.05) is 28.7 Å². The molecule has 0 aliphatic rings. The maximum absolute atomic E-state index is 12.2. The second-order valence-electron chi connectivity index (χ2n) is 4.58. The molecular formula is C15H15N3OS2. The quantitative estimate of drug-likeness (QED) is 0.785. The van der Waals surface area contributed by atoms with Gasteiger partial charge < -0.3 is 9.88 Å². The van der Waals surface area contributed by atoms with Crippen molar-refractivity contribution in [2.45, 2.75) is 13.3 Å². The van der Waals surface area contributed by atoms with Crippen molar-refractivity contribution >= 4 is 28.6 Å². The van der Waals surface area contributed by atoms with Crippen molar-refractivity contribution in [3.8, 4) is 5.13 Å². The molecule has 1 N–H and O–H groups in total. The van der Waals surface area contributed by atoms with Crippen molar-refractivity contribution in [2.24, 2.45) is 0 Å². The molecule has 3 aromatic heterocycles. The first kappa shape index (κ1) is 14.0. The number of hydrogen-bond donors (Lipinski definition) is 1. The molecule has 3 rings (SSSR count). The molecule has 108 valence electrons. The van der Waals surface area contributed by atoms with Crippen LogP contribution in [0.3, 0.4) is 0 Å². The molecule has 1 amide bonds. The summed E-state index contributed by atoms with van der Waals surface area (Å²) < 4.78 is 1.92. The molecule has 0 aliphatic carbocycles. The number of thiazole rings is 1. The highest BCUT2D eigenvalue weighted by Crippen LogP contribution is 2.21. The maximum Gasteiger partial charge on any atom is 0.271 e. The minimum absolute atomic E-state index is 0.0984. The summed E-state index contributed by atoms with van der Waals surface area (Å²) >= 11 is 3.23. The third-order valence-corrected chi connectivity index (χ3v) is 4.98. The lowest BCUT2D eigenvalue weighted by Gasteiger charge is -2.02. The molecule has 0 unspecified atom stereocenters. The van der Waals surface area contributed by atoms with Crippen LogP contribution in [0.2, 0.25) is 0 Å². The Morgan fingerprint density at radius 2 is 2.14 bits per heavy atom. The van der Waals surface area contributed by atoms with Crippen molar-refractivity contribution in [2.75, 3.05) is 6.54 Å². The lowest BCUT2D eigenvalue weighted by atomic mass is 10.3. The zero-order valence-corrected chi connectivity index (χ0v) is 13.2. The number of carbonyl (C=O) groups excluding carboxylic acids is 1. The molecule has 0 radical (unpaired) electrons. The summed E-state index contributed by atoms with van der Waals surface area (Å²) in [4.78, 5) is 18.9. The van der Waals surface area contributed by atoms with Gasteiger partial charge in [0.05, 0.1) is 0 Å². The van der Waals surface area contributed by atoms with Crippen LogP contribution in [0, 0.1) is 6.92 Å². The number of rotatable bonds is 5. The van der Waals surface area contributed by atoms with Gasteiger partial charge in [-0.15, -0.1) is 22.7 Å². The minimum atomic E-state index is -0.0984. The van der Waals surface area contributed by atoms with Crippen LogP contribution < -0.4 is 5.32 Å². The van der Waals surface area contributed by atoms with Gasteiger partial charge in [0.2, 0.25) is 0 Å². The predicted molar refractivity (Wildman–Crippen MR) is 86.5 cm³/mol. The van der Waals surface area contributed by atoms with E-state index in [9.17, 15) is 4.79 Å². The van der Waals surface area contributed by atoms with Crippen LogP contribution in [0.5, 0.6) is 0 Å². The van der Waals surface area contributed by atoms with E-state index in [-0.39, 0.29) is 5.91 Å². The Hall–Kier alpha value is -1.92. The Morgan fingerprint density at radius 1 is 1.33 bits per heavy atom. The van der Waals surface area contributed by atoms with E-state index in [0.717, 1.165) is 16.4 Å². The van der Waals surface area contributed by atoms with Crippen LogP contribution in [0.4, 0.5) is 0 Å². The Labute approximate surface area is 131 Å². The first-order valence-electron chi connectivity index (χ1n) is 6.65. The standard InChI is InChI=1S/C15H15N3OS2/c1-11-13(17-15(21-11)18-8-2-3-9-18)14(19)16-7-6-12-5-4-10-20-12/h2-5,8-10H,6-7H2,1H3,(H,16,19). The van der Waals surface area contributed by atoms with Gasteiger partial charge in [-0.1, -0.05) is 6.07 Å². The molecule has 21 heavy (non-hydrogen) atoms. The SMILES string of the molecule is Cc1sc(-n2cccc2)nc1C(=O)NCCc1cccs1. The summed E-state index contributed by atoms with van der Waals surface area (Å²) in [5, 5.41) is 5.81. The highest BCUT2D eigenvalue weighted by Gasteiger charge is 2.15. The number of nitrogens with one attached hydrogen (secondary N) is 1. The monoisotopic (exact) mass is 317 g/mol. The van der Waals surface area contributed by atoms with Crippen molar-refractivity contribution in [1.82, 2.24) is 14.9 Å². The largest absolute Gasteiger partial charge is 0.350 e. The lowest BCUT2D eigenvalue weighted by molar-refractivity contribution is 0.0949. The molecule has 0 aromatic carbocycles. The first-order valence-corrected chi connectivity index (χ1v) is 8.35. The van der Waals surface area contributed by atoms with Gasteiger partial charge in [-0.3, -0.25) is 4.79 Å². The summed E-state index contributed by atoms with van der Waals surface area (Å²) in [7, 11) is 0. The third-order valence-electron chi connectivity index (χ3n) is 3.06. The van der Waals surface area contributed by atoms with Gasteiger partial charge in [0.1, 0.15) is 5.69 Å². The van der Waals surface area contributed by atoms with E-state index < -0.39 is 0 Å². The first-order chi connectivity index (χ1) is 10.2. The molecular weight excluding hydrogens is 302 g/mol. The Bertz CT molecular complexity index is 714. The number of carbonyl (C=O) groups is 1. The topological polar surface area (TPSA) is 46.9 Å². The molecule has 0 saturated heterocycles. The number of thiophene rings is 1. The second kappa shape index (κ2) is 6.24. The van der Waals surface area contributed by atoms with Crippen LogP contribution in [0.1, 0.15) is 20.2 Å². The molecule has 0 spiro atoms. The van der Waals surface area contributed by atoms with Gasteiger partial charge in [0.25, 0.3) is 5.91 Å². The number of aryl methyl sites for hydroxylation is 1. The van der Waals surface area contributed by atoms with Crippen molar-refractivity contribution in [3.63, 3.8) is 0 Å². The third kappa shape index (κ3) is 3.22. The van der Waals surface area contributed by atoms with Crippen LogP contribution in [-0.4, -0.2) is 22.0 Å². The van der Waals surface area contributed by atoms with Gasteiger partial charge >= 0.3 is 0 Å². The number of nitrogens with zero attached hydrogens (tertiary/aromatic N) is 2. The number of aromatic nitrogens is 2. The Kier molecular flexibility index (Phi) is 4.17. The fourth-order valence-corrected chi connectivity index (χ4v) is 3.59. The minimum Gasteiger partial charge on any atom is -0.350 e. The molecule has 0 fully saturated rings. The maximum atomic E-state index is 12.2. The van der Waals surface area contributed by atoms with E-state index in [1.807, 2.05) is 47.5 Å². The van der Waals surface area contributed by atoms with E-state index in [4.69, 9.17) is 0 Å². The second-order valence-corrected chi connectivity index (χ2v) is 6.79. The summed E-state index contributed by atoms with van der Waals surface area (Å²) in [6.45, 7) is 2.56. The van der Waals surface area contributed by atoms with Crippen molar-refractivity contribution < 1.29 is 4.79 Å². The van der Waals surface area contributed by atoms with Gasteiger partial charge in [0.15, 0.2) is 5.13 Å². The van der Waals surface area contributed by atoms with Crippen LogP contribution in [-0.2, 0) is 6.42 Å². The molecule has 6 heteroatoms. The number of amides is 1. The molecule has 0 saturated carbocycles. The summed E-state index contributed by atoms with van der Waals surface area (Å²) in [6, 6.07) is 7.99. The van der Waals surface area contributed by atoms with Gasteiger partial charge in [-0.05, 0) is 36.9 Å². The summed E-state index contributed by atoms with van der Waals surface area (Å²) in [5.41, 5.74) is 0.523. The molecule has 0 bridgehead atoms. The average Bonchev–Trinajstić information content (AvgIpc) is 3.19. The number of hydrogen-bond acceptors (Lipinski definition) is 4. The Morgan fingerprint density at radius 3 is 2.86 bits per heavy atom. The Balaban J connectivity index is 1.64. The average molecular weight is 317 g/mol. The lowest BCUT2D eigenvalue weighted by Crippen LogP contribution is -2.26. The zero-order chi connectivity index (χ0) is 14.7.